The van der Waals surface area contributed by atoms with E-state index in [1.54, 1.807) is 19.2 Å². The summed E-state index contributed by atoms with van der Waals surface area (Å²) in [4.78, 5) is 4.12. The van der Waals surface area contributed by atoms with Crippen molar-refractivity contribution in [3.8, 4) is 5.75 Å². The molecule has 1 heterocycles. The summed E-state index contributed by atoms with van der Waals surface area (Å²) in [5.41, 5.74) is 1.86. The molecule has 2 aromatic carbocycles. The number of rotatable bonds is 6. The molecule has 140 valence electrons. The summed E-state index contributed by atoms with van der Waals surface area (Å²) < 4.78 is 45.6. The third kappa shape index (κ3) is 4.53. The van der Waals surface area contributed by atoms with Gasteiger partial charge in [-0.05, 0) is 67.1 Å². The van der Waals surface area contributed by atoms with Crippen LogP contribution in [0.25, 0.3) is 0 Å². The molecule has 8 heteroatoms. The Morgan fingerprint density at radius 3 is 2.30 bits per heavy atom. The molecule has 0 atom stereocenters. The number of aromatic nitrogens is 1. The predicted octanol–water partition coefficient (Wildman–Crippen LogP) is 4.08. The topological polar surface area (TPSA) is 80.3 Å². The van der Waals surface area contributed by atoms with Crippen LogP contribution >= 0.6 is 0 Å². The lowest BCUT2D eigenvalue weighted by Crippen LogP contribution is -2.15. The second kappa shape index (κ2) is 7.63. The van der Waals surface area contributed by atoms with Gasteiger partial charge >= 0.3 is 0 Å². The molecule has 0 aliphatic carbocycles. The number of hydrogen-bond donors (Lipinski definition) is 2. The maximum Gasteiger partial charge on any atom is 0.263 e. The van der Waals surface area contributed by atoms with Gasteiger partial charge in [-0.1, -0.05) is 0 Å². The average molecular weight is 387 g/mol. The Kier molecular flexibility index (Phi) is 5.27. The van der Waals surface area contributed by atoms with Crippen LogP contribution in [-0.2, 0) is 10.0 Å². The Balaban J connectivity index is 1.73. The molecule has 0 aliphatic heterocycles. The average Bonchev–Trinajstić information content (AvgIpc) is 2.63. The lowest BCUT2D eigenvalue weighted by Gasteiger charge is -2.11. The third-order valence-corrected chi connectivity index (χ3v) is 5.32. The Morgan fingerprint density at radius 2 is 1.70 bits per heavy atom. The highest BCUT2D eigenvalue weighted by Gasteiger charge is 2.17. The molecule has 0 spiro atoms. The summed E-state index contributed by atoms with van der Waals surface area (Å²) in [7, 11) is -2.26. The molecule has 0 fully saturated rings. The number of ether oxygens (including phenoxy) is 1. The summed E-state index contributed by atoms with van der Waals surface area (Å²) in [6, 6.07) is 14.1. The SMILES string of the molecule is COc1ccc(Nc2ccc(NS(=O)(=O)c3ccc(F)cc3C)nc2)cc1. The maximum absolute atomic E-state index is 13.2. The van der Waals surface area contributed by atoms with E-state index >= 15 is 0 Å². The van der Waals surface area contributed by atoms with Gasteiger partial charge in [0.25, 0.3) is 10.0 Å². The zero-order valence-electron chi connectivity index (χ0n) is 14.7. The van der Waals surface area contributed by atoms with E-state index in [1.807, 2.05) is 24.3 Å². The van der Waals surface area contributed by atoms with E-state index < -0.39 is 15.8 Å². The van der Waals surface area contributed by atoms with Crippen LogP contribution in [-0.4, -0.2) is 20.5 Å². The molecule has 27 heavy (non-hydrogen) atoms. The summed E-state index contributed by atoms with van der Waals surface area (Å²) in [6.07, 6.45) is 1.51. The largest absolute Gasteiger partial charge is 0.497 e. The normalized spacial score (nSPS) is 11.1. The molecular formula is C19H18FN3O3S. The number of hydrogen-bond acceptors (Lipinski definition) is 5. The van der Waals surface area contributed by atoms with E-state index in [0.29, 0.717) is 11.3 Å². The maximum atomic E-state index is 13.2. The van der Waals surface area contributed by atoms with Crippen molar-refractivity contribution in [3.05, 3.63) is 72.2 Å². The van der Waals surface area contributed by atoms with Crippen molar-refractivity contribution >= 4 is 27.2 Å². The number of methoxy groups -OCH3 is 1. The second-order valence-corrected chi connectivity index (χ2v) is 7.45. The molecule has 6 nitrogen and oxygen atoms in total. The number of nitrogens with zero attached hydrogens (tertiary/aromatic N) is 1. The molecule has 3 aromatic rings. The molecule has 0 radical (unpaired) electrons. The van der Waals surface area contributed by atoms with E-state index in [1.165, 1.54) is 25.3 Å². The van der Waals surface area contributed by atoms with Crippen molar-refractivity contribution in [1.82, 2.24) is 4.98 Å². The van der Waals surface area contributed by atoms with Crippen LogP contribution in [0.2, 0.25) is 0 Å². The van der Waals surface area contributed by atoms with Gasteiger partial charge in [0.15, 0.2) is 0 Å². The molecule has 0 amide bonds. The second-order valence-electron chi connectivity index (χ2n) is 5.80. The van der Waals surface area contributed by atoms with Crippen LogP contribution in [0.5, 0.6) is 5.75 Å². The van der Waals surface area contributed by atoms with Crippen molar-refractivity contribution in [2.24, 2.45) is 0 Å². The number of nitrogens with one attached hydrogen (secondary N) is 2. The molecule has 2 N–H and O–H groups in total. The number of halogens is 1. The van der Waals surface area contributed by atoms with Gasteiger partial charge in [-0.3, -0.25) is 4.72 Å². The first kappa shape index (κ1) is 18.7. The molecule has 0 saturated carbocycles. The van der Waals surface area contributed by atoms with Crippen molar-refractivity contribution in [2.45, 2.75) is 11.8 Å². The fourth-order valence-corrected chi connectivity index (χ4v) is 3.71. The van der Waals surface area contributed by atoms with Crippen LogP contribution in [0.3, 0.4) is 0 Å². The van der Waals surface area contributed by atoms with Gasteiger partial charge < -0.3 is 10.1 Å². The number of sulfonamides is 1. The van der Waals surface area contributed by atoms with Gasteiger partial charge in [0.05, 0.1) is 23.9 Å². The van der Waals surface area contributed by atoms with E-state index in [-0.39, 0.29) is 10.7 Å². The molecular weight excluding hydrogens is 369 g/mol. The highest BCUT2D eigenvalue weighted by atomic mass is 32.2. The van der Waals surface area contributed by atoms with Gasteiger partial charge in [-0.2, -0.15) is 0 Å². The van der Waals surface area contributed by atoms with Gasteiger partial charge in [0, 0.05) is 5.69 Å². The number of anilines is 3. The van der Waals surface area contributed by atoms with Crippen molar-refractivity contribution < 1.29 is 17.5 Å². The van der Waals surface area contributed by atoms with E-state index in [9.17, 15) is 12.8 Å². The zero-order valence-corrected chi connectivity index (χ0v) is 15.5. The van der Waals surface area contributed by atoms with E-state index in [0.717, 1.165) is 17.5 Å². The standard InChI is InChI=1S/C19H18FN3O3S/c1-13-11-14(20)3-9-18(13)27(24,25)23-19-10-6-16(12-21-19)22-15-4-7-17(26-2)8-5-15/h3-12,22H,1-2H3,(H,21,23). The van der Waals surface area contributed by atoms with Gasteiger partial charge in [0.1, 0.15) is 17.4 Å². The predicted molar refractivity (Wildman–Crippen MR) is 102 cm³/mol. The van der Waals surface area contributed by atoms with E-state index in [4.69, 9.17) is 4.74 Å². The fraction of sp³-hybridized carbons (Fsp3) is 0.105. The highest BCUT2D eigenvalue weighted by Crippen LogP contribution is 2.22. The first-order chi connectivity index (χ1) is 12.9. The van der Waals surface area contributed by atoms with Gasteiger partial charge in [0.2, 0.25) is 0 Å². The molecule has 0 saturated heterocycles. The quantitative estimate of drug-likeness (QED) is 0.666. The molecule has 0 aliphatic rings. The Labute approximate surface area is 157 Å². The smallest absolute Gasteiger partial charge is 0.263 e. The lowest BCUT2D eigenvalue weighted by molar-refractivity contribution is 0.415. The fourth-order valence-electron chi connectivity index (χ4n) is 2.48. The van der Waals surface area contributed by atoms with Crippen molar-refractivity contribution in [2.75, 3.05) is 17.1 Å². The third-order valence-electron chi connectivity index (χ3n) is 3.81. The summed E-state index contributed by atoms with van der Waals surface area (Å²) in [6.45, 7) is 1.53. The Bertz CT molecular complexity index is 1040. The minimum Gasteiger partial charge on any atom is -0.497 e. The first-order valence-corrected chi connectivity index (χ1v) is 9.52. The van der Waals surface area contributed by atoms with Crippen LogP contribution in [0.15, 0.2) is 65.7 Å². The van der Waals surface area contributed by atoms with Gasteiger partial charge in [-0.15, -0.1) is 0 Å². The molecule has 0 bridgehead atoms. The number of aryl methyl sites for hydroxylation is 1. The first-order valence-electron chi connectivity index (χ1n) is 8.03. The lowest BCUT2D eigenvalue weighted by atomic mass is 10.2. The zero-order chi connectivity index (χ0) is 19.4. The number of benzene rings is 2. The monoisotopic (exact) mass is 387 g/mol. The Hall–Kier alpha value is -3.13. The summed E-state index contributed by atoms with van der Waals surface area (Å²) in [5, 5.41) is 3.16. The van der Waals surface area contributed by atoms with Crippen LogP contribution in [0.4, 0.5) is 21.6 Å². The highest BCUT2D eigenvalue weighted by molar-refractivity contribution is 7.92. The van der Waals surface area contributed by atoms with Crippen molar-refractivity contribution in [3.63, 3.8) is 0 Å². The van der Waals surface area contributed by atoms with Crippen LogP contribution in [0, 0.1) is 12.7 Å². The van der Waals surface area contributed by atoms with E-state index in [2.05, 4.69) is 15.0 Å². The van der Waals surface area contributed by atoms with Crippen LogP contribution < -0.4 is 14.8 Å². The van der Waals surface area contributed by atoms with Crippen molar-refractivity contribution in [1.29, 1.82) is 0 Å². The molecule has 0 unspecified atom stereocenters. The van der Waals surface area contributed by atoms with Gasteiger partial charge in [-0.25, -0.2) is 17.8 Å². The summed E-state index contributed by atoms with van der Waals surface area (Å²) >= 11 is 0. The molecule has 3 rings (SSSR count). The molecule has 1 aromatic heterocycles. The Morgan fingerprint density at radius 1 is 1.00 bits per heavy atom. The minimum absolute atomic E-state index is 0.00568. The number of pyridine rings is 1. The summed E-state index contributed by atoms with van der Waals surface area (Å²) in [5.74, 6) is 0.428. The van der Waals surface area contributed by atoms with Crippen LogP contribution in [0.1, 0.15) is 5.56 Å². The minimum atomic E-state index is -3.85.